The monoisotopic (exact) mass is 363 g/mol. The Morgan fingerprint density at radius 1 is 1.29 bits per heavy atom. The molecule has 24 heavy (non-hydrogen) atoms. The fourth-order valence-electron chi connectivity index (χ4n) is 2.07. The van der Waals surface area contributed by atoms with Crippen LogP contribution in [-0.4, -0.2) is 22.9 Å². The van der Waals surface area contributed by atoms with E-state index in [1.165, 1.54) is 42.7 Å². The van der Waals surface area contributed by atoms with Gasteiger partial charge >= 0.3 is 0 Å². The van der Waals surface area contributed by atoms with Crippen LogP contribution < -0.4 is 10.1 Å². The maximum Gasteiger partial charge on any atom is 0.269 e. The van der Waals surface area contributed by atoms with Gasteiger partial charge in [0.25, 0.3) is 11.6 Å². The van der Waals surface area contributed by atoms with E-state index in [4.69, 9.17) is 16.3 Å². The second-order valence-electron chi connectivity index (χ2n) is 4.70. The number of hydrogen-bond donors (Lipinski definition) is 1. The van der Waals surface area contributed by atoms with E-state index in [2.05, 4.69) is 10.3 Å². The van der Waals surface area contributed by atoms with Gasteiger partial charge in [-0.1, -0.05) is 22.9 Å². The second kappa shape index (κ2) is 6.42. The Kier molecular flexibility index (Phi) is 4.32. The van der Waals surface area contributed by atoms with E-state index in [1.807, 2.05) is 0 Å². The predicted octanol–water partition coefficient (Wildman–Crippen LogP) is 4.12. The van der Waals surface area contributed by atoms with Gasteiger partial charge in [0, 0.05) is 17.7 Å². The van der Waals surface area contributed by atoms with E-state index < -0.39 is 10.8 Å². The molecule has 122 valence electrons. The van der Waals surface area contributed by atoms with Gasteiger partial charge in [-0.2, -0.15) is 0 Å². The number of nitrogens with zero attached hydrogens (tertiary/aromatic N) is 2. The summed E-state index contributed by atoms with van der Waals surface area (Å²) in [5, 5.41) is 14.2. The number of amides is 1. The number of anilines is 1. The number of halogens is 1. The van der Waals surface area contributed by atoms with Crippen molar-refractivity contribution in [1.29, 1.82) is 0 Å². The van der Waals surface area contributed by atoms with E-state index in [-0.39, 0.29) is 11.3 Å². The molecule has 1 N–H and O–H groups in total. The lowest BCUT2D eigenvalue weighted by Gasteiger charge is -2.01. The van der Waals surface area contributed by atoms with Gasteiger partial charge in [-0.3, -0.25) is 20.2 Å². The van der Waals surface area contributed by atoms with E-state index in [0.29, 0.717) is 26.1 Å². The summed E-state index contributed by atoms with van der Waals surface area (Å²) in [5.41, 5.74) is 0.773. The molecule has 3 aromatic rings. The number of hydrogen-bond acceptors (Lipinski definition) is 6. The summed E-state index contributed by atoms with van der Waals surface area (Å²) in [6.07, 6.45) is 0. The van der Waals surface area contributed by atoms with Gasteiger partial charge in [0.2, 0.25) is 0 Å². The highest BCUT2D eigenvalue weighted by atomic mass is 35.5. The highest BCUT2D eigenvalue weighted by Gasteiger charge is 2.15. The van der Waals surface area contributed by atoms with Crippen LogP contribution >= 0.6 is 22.9 Å². The molecule has 0 aliphatic carbocycles. The number of aromatic nitrogens is 1. The van der Waals surface area contributed by atoms with Crippen LogP contribution in [0.3, 0.4) is 0 Å². The minimum Gasteiger partial charge on any atom is -0.494 e. The summed E-state index contributed by atoms with van der Waals surface area (Å²) < 4.78 is 5.93. The summed E-state index contributed by atoms with van der Waals surface area (Å²) in [6.45, 7) is 0. The molecule has 0 radical (unpaired) electrons. The molecule has 0 unspecified atom stereocenters. The second-order valence-corrected chi connectivity index (χ2v) is 6.11. The maximum atomic E-state index is 12.2. The molecule has 1 aromatic heterocycles. The summed E-state index contributed by atoms with van der Waals surface area (Å²) >= 11 is 7.36. The average molecular weight is 364 g/mol. The third kappa shape index (κ3) is 3.01. The topological polar surface area (TPSA) is 94.4 Å². The van der Waals surface area contributed by atoms with Crippen LogP contribution in [0.4, 0.5) is 10.8 Å². The number of nitro benzene ring substituents is 1. The van der Waals surface area contributed by atoms with Crippen LogP contribution in [0, 0.1) is 10.1 Å². The van der Waals surface area contributed by atoms with Crippen LogP contribution in [0.5, 0.6) is 5.75 Å². The number of carbonyl (C=O) groups is 1. The minimum absolute atomic E-state index is 0.0805. The van der Waals surface area contributed by atoms with Crippen LogP contribution in [0.25, 0.3) is 10.2 Å². The quantitative estimate of drug-likeness (QED) is 0.555. The molecule has 0 aliphatic rings. The minimum atomic E-state index is -0.524. The number of rotatable bonds is 4. The number of methoxy groups -OCH3 is 1. The molecule has 1 heterocycles. The number of nitrogens with one attached hydrogen (secondary N) is 1. The first-order valence-corrected chi connectivity index (χ1v) is 7.88. The maximum absolute atomic E-state index is 12.2. The van der Waals surface area contributed by atoms with Gasteiger partial charge < -0.3 is 4.74 Å². The van der Waals surface area contributed by atoms with E-state index in [9.17, 15) is 14.9 Å². The van der Waals surface area contributed by atoms with Gasteiger partial charge in [0.15, 0.2) is 5.13 Å². The number of non-ortho nitro benzene ring substituents is 1. The first kappa shape index (κ1) is 16.2. The molecular weight excluding hydrogens is 354 g/mol. The predicted molar refractivity (Wildman–Crippen MR) is 92.2 cm³/mol. The van der Waals surface area contributed by atoms with Crippen molar-refractivity contribution in [2.75, 3.05) is 12.4 Å². The number of fused-ring (bicyclic) bond motifs is 1. The number of ether oxygens (including phenoxy) is 1. The Bertz CT molecular complexity index is 940. The van der Waals surface area contributed by atoms with Crippen molar-refractivity contribution in [2.45, 2.75) is 0 Å². The number of carbonyl (C=O) groups excluding carboxylic acids is 1. The van der Waals surface area contributed by atoms with Crippen molar-refractivity contribution >= 4 is 49.9 Å². The van der Waals surface area contributed by atoms with E-state index >= 15 is 0 Å². The molecule has 0 bridgehead atoms. The van der Waals surface area contributed by atoms with E-state index in [1.54, 1.807) is 12.1 Å². The van der Waals surface area contributed by atoms with Crippen LogP contribution in [0.1, 0.15) is 10.4 Å². The first-order valence-electron chi connectivity index (χ1n) is 6.68. The summed E-state index contributed by atoms with van der Waals surface area (Å²) in [4.78, 5) is 26.7. The van der Waals surface area contributed by atoms with Crippen molar-refractivity contribution in [3.8, 4) is 5.75 Å². The Morgan fingerprint density at radius 2 is 2.00 bits per heavy atom. The lowest BCUT2D eigenvalue weighted by atomic mass is 10.2. The highest BCUT2D eigenvalue weighted by molar-refractivity contribution is 7.23. The molecular formula is C15H10ClN3O4S. The molecule has 7 nitrogen and oxygen atoms in total. The summed E-state index contributed by atoms with van der Waals surface area (Å²) in [5.74, 6) is 0.139. The number of nitro groups is 1. The summed E-state index contributed by atoms with van der Waals surface area (Å²) in [7, 11) is 1.52. The zero-order valence-corrected chi connectivity index (χ0v) is 13.9. The largest absolute Gasteiger partial charge is 0.494 e. The van der Waals surface area contributed by atoms with Gasteiger partial charge in [-0.25, -0.2) is 4.98 Å². The molecule has 0 spiro atoms. The Hall–Kier alpha value is -2.71. The van der Waals surface area contributed by atoms with Gasteiger partial charge in [0.1, 0.15) is 11.3 Å². The van der Waals surface area contributed by atoms with Crippen LogP contribution in [-0.2, 0) is 0 Å². The van der Waals surface area contributed by atoms with Crippen molar-refractivity contribution in [1.82, 2.24) is 4.98 Å². The van der Waals surface area contributed by atoms with Crippen molar-refractivity contribution in [2.24, 2.45) is 0 Å². The molecule has 1 amide bonds. The fourth-order valence-corrected chi connectivity index (χ4v) is 3.23. The number of benzene rings is 2. The highest BCUT2D eigenvalue weighted by Crippen LogP contribution is 2.37. The Balaban J connectivity index is 1.88. The third-order valence-electron chi connectivity index (χ3n) is 3.24. The van der Waals surface area contributed by atoms with Gasteiger partial charge in [0.05, 0.1) is 21.8 Å². The molecule has 3 rings (SSSR count). The van der Waals surface area contributed by atoms with Crippen molar-refractivity contribution in [3.63, 3.8) is 0 Å². The van der Waals surface area contributed by atoms with Crippen LogP contribution in [0.2, 0.25) is 5.02 Å². The van der Waals surface area contributed by atoms with Gasteiger partial charge in [-0.05, 0) is 24.3 Å². The summed E-state index contributed by atoms with van der Waals surface area (Å²) in [6, 6.07) is 8.71. The number of thiazole rings is 1. The molecule has 0 aliphatic heterocycles. The standard InChI is InChI=1S/C15H10ClN3O4S/c1-23-11-7-6-10(16)13-12(11)17-15(24-13)18-14(20)8-2-4-9(5-3-8)19(21)22/h2-7H,1H3,(H,17,18,20). The Labute approximate surface area is 145 Å². The molecule has 0 fully saturated rings. The first-order chi connectivity index (χ1) is 11.5. The fraction of sp³-hybridized carbons (Fsp3) is 0.0667. The Morgan fingerprint density at radius 3 is 2.62 bits per heavy atom. The molecule has 9 heteroatoms. The average Bonchev–Trinajstić information content (AvgIpc) is 3.00. The van der Waals surface area contributed by atoms with E-state index in [0.717, 1.165) is 0 Å². The van der Waals surface area contributed by atoms with Crippen molar-refractivity contribution in [3.05, 3.63) is 57.1 Å². The normalized spacial score (nSPS) is 10.6. The zero-order valence-electron chi connectivity index (χ0n) is 12.3. The lowest BCUT2D eigenvalue weighted by molar-refractivity contribution is -0.384. The molecule has 2 aromatic carbocycles. The van der Waals surface area contributed by atoms with Crippen LogP contribution in [0.15, 0.2) is 36.4 Å². The smallest absolute Gasteiger partial charge is 0.269 e. The zero-order chi connectivity index (χ0) is 17.3. The SMILES string of the molecule is COc1ccc(Cl)c2sc(NC(=O)c3ccc([N+](=O)[O-])cc3)nc12. The van der Waals surface area contributed by atoms with Crippen molar-refractivity contribution < 1.29 is 14.5 Å². The lowest BCUT2D eigenvalue weighted by Crippen LogP contribution is -2.11. The molecule has 0 atom stereocenters. The third-order valence-corrected chi connectivity index (χ3v) is 4.67. The van der Waals surface area contributed by atoms with Gasteiger partial charge in [-0.15, -0.1) is 0 Å². The molecule has 0 saturated heterocycles. The molecule has 0 saturated carbocycles.